The average Bonchev–Trinajstić information content (AvgIpc) is 3.22. The number of para-hydroxylation sites is 2. The minimum atomic E-state index is -3.72. The minimum absolute atomic E-state index is 0.0111. The Balaban J connectivity index is 1.66. The molecule has 2 aromatic rings. The largest absolute Gasteiger partial charge is 0.324 e. The molecule has 1 atom stereocenters. The lowest BCUT2D eigenvalue weighted by Crippen LogP contribution is -2.42. The number of amides is 2. The number of hydrogen-bond acceptors (Lipinski definition) is 5. The number of carbonyl (C=O) groups is 2. The lowest BCUT2D eigenvalue weighted by atomic mass is 10.1. The zero-order valence-corrected chi connectivity index (χ0v) is 18.0. The summed E-state index contributed by atoms with van der Waals surface area (Å²) in [7, 11) is -3.72. The van der Waals surface area contributed by atoms with Crippen molar-refractivity contribution in [2.45, 2.75) is 43.7 Å². The minimum Gasteiger partial charge on any atom is -0.324 e. The van der Waals surface area contributed by atoms with Gasteiger partial charge in [-0.2, -0.15) is 4.31 Å². The molecular weight excluding hydrogens is 420 g/mol. The molecule has 1 fully saturated rings. The van der Waals surface area contributed by atoms with Crippen molar-refractivity contribution in [1.82, 2.24) is 8.87 Å². The zero-order chi connectivity index (χ0) is 22.2. The lowest BCUT2D eigenvalue weighted by Gasteiger charge is -2.28. The van der Waals surface area contributed by atoms with Gasteiger partial charge in [-0.05, 0) is 38.0 Å². The Morgan fingerprint density at radius 1 is 1.10 bits per heavy atom. The van der Waals surface area contributed by atoms with Crippen molar-refractivity contribution < 1.29 is 18.0 Å². The lowest BCUT2D eigenvalue weighted by molar-refractivity contribution is -0.120. The van der Waals surface area contributed by atoms with Crippen molar-refractivity contribution in [2.75, 3.05) is 23.3 Å². The highest BCUT2D eigenvalue weighted by atomic mass is 32.2. The van der Waals surface area contributed by atoms with E-state index < -0.39 is 27.5 Å². The van der Waals surface area contributed by atoms with E-state index in [0.717, 1.165) is 17.4 Å². The van der Waals surface area contributed by atoms with Crippen LogP contribution in [0.25, 0.3) is 0 Å². The van der Waals surface area contributed by atoms with E-state index in [1.165, 1.54) is 27.5 Å². The van der Waals surface area contributed by atoms with Crippen LogP contribution in [0.5, 0.6) is 0 Å². The first-order valence-electron chi connectivity index (χ1n) is 10.2. The van der Waals surface area contributed by atoms with Crippen LogP contribution >= 0.6 is 0 Å². The smallest absolute Gasteiger partial charge is 0.251 e. The number of pyridine rings is 1. The summed E-state index contributed by atoms with van der Waals surface area (Å²) in [6.45, 7) is 2.32. The maximum Gasteiger partial charge on any atom is 0.251 e. The average molecular weight is 445 g/mol. The topological polar surface area (TPSA) is 109 Å². The number of carbonyl (C=O) groups excluding carboxylic acids is 2. The van der Waals surface area contributed by atoms with E-state index >= 15 is 0 Å². The number of aromatic nitrogens is 1. The molecule has 2 aliphatic heterocycles. The second-order valence-corrected chi connectivity index (χ2v) is 9.76. The second kappa shape index (κ2) is 8.27. The van der Waals surface area contributed by atoms with Crippen LogP contribution in [0.4, 0.5) is 11.4 Å². The molecule has 1 aromatic heterocycles. The first kappa shape index (κ1) is 21.3. The molecule has 0 aliphatic carbocycles. The van der Waals surface area contributed by atoms with Gasteiger partial charge in [0.25, 0.3) is 5.56 Å². The zero-order valence-electron chi connectivity index (χ0n) is 17.2. The molecular formula is C21H24N4O5S. The van der Waals surface area contributed by atoms with Gasteiger partial charge >= 0.3 is 0 Å². The van der Waals surface area contributed by atoms with Crippen LogP contribution in [-0.2, 0) is 26.2 Å². The van der Waals surface area contributed by atoms with Crippen LogP contribution in [0.2, 0.25) is 0 Å². The molecule has 2 aliphatic rings. The van der Waals surface area contributed by atoms with Crippen LogP contribution in [0.1, 0.15) is 26.2 Å². The molecule has 0 saturated carbocycles. The summed E-state index contributed by atoms with van der Waals surface area (Å²) in [5.41, 5.74) is 0.585. The van der Waals surface area contributed by atoms with Crippen molar-refractivity contribution >= 4 is 33.2 Å². The summed E-state index contributed by atoms with van der Waals surface area (Å²) in [4.78, 5) is 39.3. The van der Waals surface area contributed by atoms with Crippen LogP contribution in [0.3, 0.4) is 0 Å². The van der Waals surface area contributed by atoms with Crippen molar-refractivity contribution in [3.8, 4) is 0 Å². The number of anilines is 2. The van der Waals surface area contributed by atoms with Crippen molar-refractivity contribution in [3.63, 3.8) is 0 Å². The fourth-order valence-electron chi connectivity index (χ4n) is 4.05. The van der Waals surface area contributed by atoms with Crippen molar-refractivity contribution in [1.29, 1.82) is 0 Å². The third-order valence-corrected chi connectivity index (χ3v) is 7.47. The van der Waals surface area contributed by atoms with Gasteiger partial charge in [-0.15, -0.1) is 0 Å². The van der Waals surface area contributed by atoms with Gasteiger partial charge in [0, 0.05) is 37.8 Å². The summed E-state index contributed by atoms with van der Waals surface area (Å²) >= 11 is 0. The van der Waals surface area contributed by atoms with Gasteiger partial charge in [-0.3, -0.25) is 14.4 Å². The van der Waals surface area contributed by atoms with E-state index in [4.69, 9.17) is 0 Å². The molecule has 1 N–H and O–H groups in total. The van der Waals surface area contributed by atoms with E-state index in [1.54, 1.807) is 31.2 Å². The Labute approximate surface area is 180 Å². The van der Waals surface area contributed by atoms with Crippen LogP contribution in [0, 0.1) is 0 Å². The third kappa shape index (κ3) is 4.13. The third-order valence-electron chi connectivity index (χ3n) is 5.59. The van der Waals surface area contributed by atoms with Gasteiger partial charge in [0.15, 0.2) is 0 Å². The van der Waals surface area contributed by atoms with Gasteiger partial charge in [0.1, 0.15) is 6.54 Å². The van der Waals surface area contributed by atoms with Crippen molar-refractivity contribution in [2.24, 2.45) is 0 Å². The fraction of sp³-hybridized carbons (Fsp3) is 0.381. The van der Waals surface area contributed by atoms with Crippen molar-refractivity contribution in [3.05, 3.63) is 52.9 Å². The SMILES string of the molecule is C[C@@H]1CC(=O)Nc2ccccc2N1C(=O)Cn1cc(S(=O)(=O)N2CCCC2)ccc1=O. The number of rotatable bonds is 4. The van der Waals surface area contributed by atoms with Gasteiger partial charge in [-0.1, -0.05) is 12.1 Å². The summed E-state index contributed by atoms with van der Waals surface area (Å²) in [6.07, 6.45) is 2.94. The Morgan fingerprint density at radius 3 is 2.55 bits per heavy atom. The highest BCUT2D eigenvalue weighted by molar-refractivity contribution is 7.89. The highest BCUT2D eigenvalue weighted by Crippen LogP contribution is 2.31. The van der Waals surface area contributed by atoms with E-state index in [2.05, 4.69) is 5.32 Å². The first-order valence-corrected chi connectivity index (χ1v) is 11.6. The Kier molecular flexibility index (Phi) is 5.67. The first-order chi connectivity index (χ1) is 14.8. The van der Waals surface area contributed by atoms with E-state index in [9.17, 15) is 22.8 Å². The monoisotopic (exact) mass is 444 g/mol. The normalized spacial score (nSPS) is 19.6. The van der Waals surface area contributed by atoms with Gasteiger partial charge < -0.3 is 14.8 Å². The number of nitrogens with zero attached hydrogens (tertiary/aromatic N) is 3. The van der Waals surface area contributed by atoms with Gasteiger partial charge in [-0.25, -0.2) is 8.42 Å². The molecule has 1 saturated heterocycles. The van der Waals surface area contributed by atoms with Crippen LogP contribution < -0.4 is 15.8 Å². The number of nitrogens with one attached hydrogen (secondary N) is 1. The van der Waals surface area contributed by atoms with E-state index in [0.29, 0.717) is 24.5 Å². The highest BCUT2D eigenvalue weighted by Gasteiger charge is 2.31. The fourth-order valence-corrected chi connectivity index (χ4v) is 5.59. The van der Waals surface area contributed by atoms with Gasteiger partial charge in [0.2, 0.25) is 21.8 Å². The summed E-state index contributed by atoms with van der Waals surface area (Å²) in [5.74, 6) is -0.611. The Hall–Kier alpha value is -2.98. The molecule has 0 spiro atoms. The molecule has 3 heterocycles. The predicted octanol–water partition coefficient (Wildman–Crippen LogP) is 1.40. The molecule has 9 nitrogen and oxygen atoms in total. The molecule has 0 unspecified atom stereocenters. The predicted molar refractivity (Wildman–Crippen MR) is 115 cm³/mol. The number of benzene rings is 1. The van der Waals surface area contributed by atoms with Crippen LogP contribution in [0.15, 0.2) is 52.3 Å². The van der Waals surface area contributed by atoms with E-state index in [-0.39, 0.29) is 23.8 Å². The number of sulfonamides is 1. The molecule has 1 aromatic carbocycles. The van der Waals surface area contributed by atoms with Crippen LogP contribution in [-0.4, -0.2) is 48.2 Å². The second-order valence-electron chi connectivity index (χ2n) is 7.82. The Bertz CT molecular complexity index is 1180. The molecule has 0 radical (unpaired) electrons. The molecule has 4 rings (SSSR count). The summed E-state index contributed by atoms with van der Waals surface area (Å²) in [6, 6.07) is 8.98. The Morgan fingerprint density at radius 2 is 1.81 bits per heavy atom. The molecule has 2 amide bonds. The maximum absolute atomic E-state index is 13.2. The molecule has 10 heteroatoms. The number of fused-ring (bicyclic) bond motifs is 1. The molecule has 0 bridgehead atoms. The summed E-state index contributed by atoms with van der Waals surface area (Å²) in [5, 5.41) is 2.79. The van der Waals surface area contributed by atoms with Gasteiger partial charge in [0.05, 0.1) is 16.3 Å². The van der Waals surface area contributed by atoms with E-state index in [1.807, 2.05) is 0 Å². The quantitative estimate of drug-likeness (QED) is 0.767. The molecule has 164 valence electrons. The summed E-state index contributed by atoms with van der Waals surface area (Å²) < 4.78 is 28.2. The maximum atomic E-state index is 13.2. The molecule has 31 heavy (non-hydrogen) atoms. The number of hydrogen-bond donors (Lipinski definition) is 1. The standard InChI is InChI=1S/C21H24N4O5S/c1-15-12-19(26)22-17-6-2-3-7-18(17)25(15)21(28)14-23-13-16(8-9-20(23)27)31(29,30)24-10-4-5-11-24/h2-3,6-9,13,15H,4-5,10-12,14H2,1H3,(H,22,26)/t15-/m1/s1.